The first-order chi connectivity index (χ1) is 20.3. The Bertz CT molecular complexity index is 1460. The highest BCUT2D eigenvalue weighted by Gasteiger charge is 2.46. The van der Waals surface area contributed by atoms with E-state index in [0.29, 0.717) is 31.5 Å². The van der Waals surface area contributed by atoms with Crippen LogP contribution in [-0.2, 0) is 26.9 Å². The van der Waals surface area contributed by atoms with Crippen molar-refractivity contribution in [1.29, 1.82) is 0 Å². The van der Waals surface area contributed by atoms with E-state index < -0.39 is 0 Å². The van der Waals surface area contributed by atoms with Crippen LogP contribution < -0.4 is 9.38 Å². The van der Waals surface area contributed by atoms with Gasteiger partial charge in [-0.25, -0.2) is 9.28 Å². The van der Waals surface area contributed by atoms with Crippen LogP contribution in [0.4, 0.5) is 11.4 Å². The Morgan fingerprint density at radius 3 is 2.07 bits per heavy atom. The van der Waals surface area contributed by atoms with Crippen molar-refractivity contribution in [3.8, 4) is 0 Å². The van der Waals surface area contributed by atoms with Gasteiger partial charge in [-0.3, -0.25) is 0 Å². The third-order valence-electron chi connectivity index (χ3n) is 9.29. The van der Waals surface area contributed by atoms with Gasteiger partial charge in [0.15, 0.2) is 0 Å². The molecule has 0 aromatic heterocycles. The zero-order valence-corrected chi connectivity index (χ0v) is 27.5. The van der Waals surface area contributed by atoms with Crippen molar-refractivity contribution in [2.45, 2.75) is 71.4 Å². The molecule has 3 aromatic rings. The first-order valence-corrected chi connectivity index (χ1v) is 15.8. The Kier molecular flexibility index (Phi) is 8.61. The summed E-state index contributed by atoms with van der Waals surface area (Å²) < 4.78 is 6.40. The van der Waals surface area contributed by atoms with Crippen LogP contribution in [0.1, 0.15) is 70.2 Å². The molecule has 0 saturated carbocycles. The molecule has 1 amide bonds. The third kappa shape index (κ3) is 6.58. The van der Waals surface area contributed by atoms with Gasteiger partial charge in [-0.15, -0.1) is 0 Å². The van der Waals surface area contributed by atoms with E-state index in [1.54, 1.807) is 0 Å². The number of carbonyl (C=O) groups is 1. The van der Waals surface area contributed by atoms with Gasteiger partial charge in [0, 0.05) is 35.9 Å². The number of carbonyl (C=O) groups excluding carboxylic acids is 1. The van der Waals surface area contributed by atoms with Crippen molar-refractivity contribution >= 4 is 23.4 Å². The van der Waals surface area contributed by atoms with E-state index in [1.165, 1.54) is 11.1 Å². The van der Waals surface area contributed by atoms with Gasteiger partial charge in [0.1, 0.15) is 25.4 Å². The molecule has 1 unspecified atom stereocenters. The van der Waals surface area contributed by atoms with Crippen molar-refractivity contribution in [3.05, 3.63) is 101 Å². The summed E-state index contributed by atoms with van der Waals surface area (Å²) in [5.74, 6) is 0.449. The Labute approximate surface area is 259 Å². The van der Waals surface area contributed by atoms with E-state index in [1.807, 2.05) is 12.1 Å². The van der Waals surface area contributed by atoms with Crippen LogP contribution in [0.5, 0.6) is 0 Å². The average molecular weight is 581 g/mol. The SMILES string of the molecule is CN(C)[C@@H]1CCN(c2ccccc2C=C2OCC[N+](Cc3ccc(C(C)(C)C)cc3)(c3ccc(C(C)(C)C)cc3)C2=O)C1. The molecule has 5 rings (SSSR count). The number of rotatable bonds is 6. The summed E-state index contributed by atoms with van der Waals surface area (Å²) in [7, 11) is 4.30. The van der Waals surface area contributed by atoms with Crippen molar-refractivity contribution in [2.75, 3.05) is 45.2 Å². The fourth-order valence-electron chi connectivity index (χ4n) is 6.37. The van der Waals surface area contributed by atoms with Gasteiger partial charge in [0.05, 0.1) is 0 Å². The summed E-state index contributed by atoms with van der Waals surface area (Å²) in [6.45, 7) is 17.0. The van der Waals surface area contributed by atoms with Gasteiger partial charge in [-0.2, -0.15) is 0 Å². The number of hydrogen-bond donors (Lipinski definition) is 0. The van der Waals surface area contributed by atoms with Gasteiger partial charge >= 0.3 is 5.91 Å². The van der Waals surface area contributed by atoms with Crippen molar-refractivity contribution in [1.82, 2.24) is 9.38 Å². The zero-order chi connectivity index (χ0) is 31.0. The fourth-order valence-corrected chi connectivity index (χ4v) is 6.37. The molecule has 0 spiro atoms. The average Bonchev–Trinajstić information content (AvgIpc) is 3.46. The number of morpholine rings is 1. The van der Waals surface area contributed by atoms with Crippen LogP contribution in [0, 0.1) is 0 Å². The number of ether oxygens (including phenoxy) is 1. The van der Waals surface area contributed by atoms with Crippen LogP contribution in [0.3, 0.4) is 0 Å². The summed E-state index contributed by atoms with van der Waals surface area (Å²) in [4.78, 5) is 19.4. The molecule has 0 radical (unpaired) electrons. The van der Waals surface area contributed by atoms with Crippen LogP contribution in [0.15, 0.2) is 78.6 Å². The van der Waals surface area contributed by atoms with Crippen LogP contribution in [0.25, 0.3) is 6.08 Å². The largest absolute Gasteiger partial charge is 0.479 e. The number of likely N-dealkylation sites (N-methyl/N-ethyl adjacent to an activating group) is 1. The van der Waals surface area contributed by atoms with E-state index >= 15 is 0 Å². The number of nitrogens with zero attached hydrogens (tertiary/aromatic N) is 3. The number of quaternary nitrogens is 1. The second-order valence-electron chi connectivity index (χ2n) is 14.7. The molecule has 2 fully saturated rings. The predicted octanol–water partition coefficient (Wildman–Crippen LogP) is 7.53. The van der Waals surface area contributed by atoms with E-state index in [2.05, 4.69) is 132 Å². The monoisotopic (exact) mass is 580 g/mol. The Morgan fingerprint density at radius 1 is 0.884 bits per heavy atom. The van der Waals surface area contributed by atoms with E-state index in [4.69, 9.17) is 4.74 Å². The molecule has 5 nitrogen and oxygen atoms in total. The highest BCUT2D eigenvalue weighted by Crippen LogP contribution is 2.36. The van der Waals surface area contributed by atoms with E-state index in [-0.39, 0.29) is 21.2 Å². The van der Waals surface area contributed by atoms with Gasteiger partial charge < -0.3 is 14.5 Å². The highest BCUT2D eigenvalue weighted by atomic mass is 16.5. The molecule has 2 aliphatic rings. The number of para-hydroxylation sites is 1. The topological polar surface area (TPSA) is 32.8 Å². The molecule has 0 aliphatic carbocycles. The Morgan fingerprint density at radius 2 is 1.49 bits per heavy atom. The second kappa shape index (κ2) is 11.9. The first-order valence-electron chi connectivity index (χ1n) is 15.8. The van der Waals surface area contributed by atoms with E-state index in [0.717, 1.165) is 42.0 Å². The summed E-state index contributed by atoms with van der Waals surface area (Å²) >= 11 is 0. The summed E-state index contributed by atoms with van der Waals surface area (Å²) in [5.41, 5.74) is 7.01. The molecule has 228 valence electrons. The summed E-state index contributed by atoms with van der Waals surface area (Å²) in [5, 5.41) is 0. The summed E-state index contributed by atoms with van der Waals surface area (Å²) in [6.07, 6.45) is 3.12. The lowest BCUT2D eigenvalue weighted by Gasteiger charge is -2.39. The van der Waals surface area contributed by atoms with Crippen molar-refractivity contribution in [2.24, 2.45) is 0 Å². The standard InChI is InChI=1S/C38H50N3O2/c1-37(2,3)30-15-13-28(14-16-30)27-41(33-19-17-31(18-20-33)38(4,5)6)23-24-43-35(36(41)42)25-29-11-9-10-12-34(29)40-22-21-32(26-40)39(7)8/h9-20,25,32H,21-24,26-27H2,1-8H3/q+1/t32-,41?/m1/s1. The molecule has 5 heteroatoms. The minimum absolute atomic E-state index is 0.0112. The first kappa shape index (κ1) is 31.0. The predicted molar refractivity (Wildman–Crippen MR) is 180 cm³/mol. The molecular weight excluding hydrogens is 530 g/mol. The van der Waals surface area contributed by atoms with Crippen LogP contribution in [-0.4, -0.2) is 57.2 Å². The van der Waals surface area contributed by atoms with Crippen molar-refractivity contribution in [3.63, 3.8) is 0 Å². The third-order valence-corrected chi connectivity index (χ3v) is 9.29. The molecule has 2 aliphatic heterocycles. The maximum absolute atomic E-state index is 14.7. The zero-order valence-electron chi connectivity index (χ0n) is 27.5. The van der Waals surface area contributed by atoms with E-state index in [9.17, 15) is 4.79 Å². The smallest absolute Gasteiger partial charge is 0.386 e. The second-order valence-corrected chi connectivity index (χ2v) is 14.7. The lowest BCUT2D eigenvalue weighted by atomic mass is 9.86. The van der Waals surface area contributed by atoms with Crippen LogP contribution >= 0.6 is 0 Å². The molecule has 43 heavy (non-hydrogen) atoms. The quantitative estimate of drug-likeness (QED) is 0.223. The van der Waals surface area contributed by atoms with Crippen LogP contribution in [0.2, 0.25) is 0 Å². The maximum atomic E-state index is 14.7. The highest BCUT2D eigenvalue weighted by molar-refractivity contribution is 6.04. The molecule has 2 atom stereocenters. The van der Waals surface area contributed by atoms with Gasteiger partial charge in [0.2, 0.25) is 5.76 Å². The molecule has 0 N–H and O–H groups in total. The summed E-state index contributed by atoms with van der Waals surface area (Å²) in [6, 6.07) is 26.4. The molecule has 2 saturated heterocycles. The number of benzene rings is 3. The number of amides is 1. The van der Waals surface area contributed by atoms with Gasteiger partial charge in [-0.1, -0.05) is 96.1 Å². The maximum Gasteiger partial charge on any atom is 0.386 e. The fraction of sp³-hybridized carbons (Fsp3) is 0.447. The lowest BCUT2D eigenvalue weighted by molar-refractivity contribution is -0.135. The van der Waals surface area contributed by atoms with Gasteiger partial charge in [0.25, 0.3) is 0 Å². The Balaban J connectivity index is 1.54. The normalized spacial score (nSPS) is 22.3. The van der Waals surface area contributed by atoms with Crippen molar-refractivity contribution < 1.29 is 9.53 Å². The molecular formula is C38H50N3O2+. The minimum atomic E-state index is 0.0112. The minimum Gasteiger partial charge on any atom is -0.479 e. The lowest BCUT2D eigenvalue weighted by Crippen LogP contribution is -2.59. The molecule has 2 heterocycles. The number of anilines is 1. The Hall–Kier alpha value is -3.41. The number of hydrogen-bond acceptors (Lipinski definition) is 4. The van der Waals surface area contributed by atoms with Gasteiger partial charge in [-0.05, 0) is 66.7 Å². The molecule has 0 bridgehead atoms. The molecule has 3 aromatic carbocycles.